The molecule has 13 heteroatoms. The van der Waals surface area contributed by atoms with Crippen LogP contribution in [0.25, 0.3) is 0 Å². The predicted octanol–water partition coefficient (Wildman–Crippen LogP) is 6.43. The van der Waals surface area contributed by atoms with Gasteiger partial charge in [0.15, 0.2) is 28.7 Å². The zero-order valence-corrected chi connectivity index (χ0v) is 35.7. The molecule has 0 aromatic heterocycles. The summed E-state index contributed by atoms with van der Waals surface area (Å²) in [7, 11) is -0.0622. The van der Waals surface area contributed by atoms with Gasteiger partial charge in [-0.3, -0.25) is 10.2 Å². The molecule has 50 heavy (non-hydrogen) atoms. The first-order chi connectivity index (χ1) is 22.8. The Kier molecular flexibility index (Phi) is 12.4. The van der Waals surface area contributed by atoms with Crippen LogP contribution in [0, 0.1) is 23.2 Å². The fourth-order valence-electron chi connectivity index (χ4n) is 8.83. The summed E-state index contributed by atoms with van der Waals surface area (Å²) in [6.45, 7) is 27.4. The molecule has 1 spiro atoms. The van der Waals surface area contributed by atoms with Crippen LogP contribution < -0.4 is 5.73 Å². The number of rotatable bonds is 11. The minimum absolute atomic E-state index is 0.0631. The van der Waals surface area contributed by atoms with Crippen molar-refractivity contribution in [2.24, 2.45) is 23.5 Å². The molecule has 3 N–H and O–H groups in total. The molecule has 0 aromatic rings. The lowest BCUT2D eigenvalue weighted by atomic mass is 9.78. The van der Waals surface area contributed by atoms with Crippen LogP contribution in [0.3, 0.4) is 0 Å². The number of nitrogens with zero attached hydrogens (tertiary/aromatic N) is 1. The average Bonchev–Trinajstić information content (AvgIpc) is 3.41. The summed E-state index contributed by atoms with van der Waals surface area (Å²) in [6.07, 6.45) is 2.18. The number of carbonyl (C=O) groups is 1. The van der Waals surface area contributed by atoms with E-state index in [-0.39, 0.29) is 41.9 Å². The molecule has 4 rings (SSSR count). The number of nitrogens with one attached hydrogen (secondary N) is 1. The summed E-state index contributed by atoms with van der Waals surface area (Å²) < 4.78 is 48.8. The number of nitrogens with two attached hydrogens (primary N) is 1. The van der Waals surface area contributed by atoms with E-state index in [1.165, 1.54) is 0 Å². The Morgan fingerprint density at radius 2 is 1.62 bits per heavy atom. The lowest BCUT2D eigenvalue weighted by Crippen LogP contribution is -2.62. The van der Waals surface area contributed by atoms with E-state index in [2.05, 4.69) is 92.0 Å². The molecule has 0 radical (unpaired) electrons. The molecule has 3 fully saturated rings. The van der Waals surface area contributed by atoms with Gasteiger partial charge in [-0.2, -0.15) is 0 Å². The van der Waals surface area contributed by atoms with Gasteiger partial charge in [-0.05, 0) is 118 Å². The molecule has 3 saturated heterocycles. The first kappa shape index (κ1) is 41.6. The van der Waals surface area contributed by atoms with Gasteiger partial charge in [-0.15, -0.1) is 0 Å². The molecule has 3 bridgehead atoms. The van der Waals surface area contributed by atoms with E-state index < -0.39 is 64.1 Å². The van der Waals surface area contributed by atoms with Crippen LogP contribution in [0.4, 0.5) is 0 Å². The van der Waals surface area contributed by atoms with Crippen molar-refractivity contribution in [1.29, 1.82) is 5.41 Å². The SMILES string of the molecule is CC[C@H]1OC(=O)[C@H](C)[C@@H](O[Si](C)(C)C)[C@H](C)[C@@H](O[C@@H]2O[C@H](C)C[C@H](N(C)C)[C@@H]2O[Si](C)(C)C)[C@@]2(C)CC(C)C3(OC1(C)C=C3CCC(=N)N)O2. The molecule has 3 unspecified atom stereocenters. The molecule has 0 aromatic carbocycles. The van der Waals surface area contributed by atoms with E-state index in [1.807, 2.05) is 20.8 Å². The minimum Gasteiger partial charge on any atom is -0.459 e. The number of ether oxygens (including phenoxy) is 5. The standard InChI is InChI=1S/C37H69N3O8Si2/c1-16-28-35(6)21-26(17-18-29(38)39)37(47-35)22(2)20-36(7,48-37)32(24(4)30(45-49(10,11)12)25(5)33(41)43-28)44-34-31(46-50(13,14)15)27(40(8)9)19-23(3)42-34/h21-25,27-28,30-32,34H,16-20H2,1-15H3,(H3,38,39)/t22?,23-,24+,25-,27+,28-,30+,31+,32-,34+,35?,36-,37?/m1/s1. The number of hydrogen-bond acceptors (Lipinski definition) is 10. The van der Waals surface area contributed by atoms with E-state index in [0.29, 0.717) is 25.7 Å². The van der Waals surface area contributed by atoms with Crippen molar-refractivity contribution in [3.8, 4) is 0 Å². The fraction of sp³-hybridized carbons (Fsp3) is 0.892. The Labute approximate surface area is 304 Å². The van der Waals surface area contributed by atoms with Crippen molar-refractivity contribution in [2.75, 3.05) is 14.1 Å². The molecule has 288 valence electrons. The van der Waals surface area contributed by atoms with Crippen molar-refractivity contribution in [3.63, 3.8) is 0 Å². The molecular weight excluding hydrogens is 671 g/mol. The van der Waals surface area contributed by atoms with Crippen LogP contribution in [0.1, 0.15) is 80.6 Å². The minimum atomic E-state index is -2.19. The summed E-state index contributed by atoms with van der Waals surface area (Å²) in [5.41, 5.74) is 4.98. The first-order valence-electron chi connectivity index (χ1n) is 18.8. The third-order valence-corrected chi connectivity index (χ3v) is 12.9. The van der Waals surface area contributed by atoms with E-state index in [1.54, 1.807) is 0 Å². The number of hydrogen-bond donors (Lipinski definition) is 2. The average molecular weight is 740 g/mol. The maximum atomic E-state index is 14.2. The van der Waals surface area contributed by atoms with E-state index in [9.17, 15) is 4.79 Å². The summed E-state index contributed by atoms with van der Waals surface area (Å²) in [5, 5.41) is 8.04. The van der Waals surface area contributed by atoms with Gasteiger partial charge in [-0.25, -0.2) is 0 Å². The Balaban J connectivity index is 1.91. The van der Waals surface area contributed by atoms with Gasteiger partial charge >= 0.3 is 5.97 Å². The highest BCUT2D eigenvalue weighted by atomic mass is 28.4. The molecule has 0 aliphatic carbocycles. The van der Waals surface area contributed by atoms with E-state index in [4.69, 9.17) is 43.7 Å². The number of likely N-dealkylation sites (N-methyl/N-ethyl adjacent to an activating group) is 1. The van der Waals surface area contributed by atoms with Gasteiger partial charge in [-0.1, -0.05) is 20.8 Å². The lowest BCUT2D eigenvalue weighted by molar-refractivity contribution is -0.326. The number of carbonyl (C=O) groups excluding carboxylic acids is 1. The van der Waals surface area contributed by atoms with Gasteiger partial charge in [0.1, 0.15) is 17.8 Å². The second-order valence-electron chi connectivity index (χ2n) is 18.2. The highest BCUT2D eigenvalue weighted by Gasteiger charge is 2.65. The number of cyclic esters (lactones) is 1. The van der Waals surface area contributed by atoms with Crippen LogP contribution in [-0.4, -0.2) is 107 Å². The Morgan fingerprint density at radius 3 is 2.16 bits per heavy atom. The van der Waals surface area contributed by atoms with Crippen molar-refractivity contribution in [1.82, 2.24) is 4.90 Å². The molecule has 4 aliphatic heterocycles. The zero-order valence-electron chi connectivity index (χ0n) is 33.7. The molecule has 0 saturated carbocycles. The zero-order chi connectivity index (χ0) is 37.8. The Hall–Kier alpha value is -1.17. The molecule has 13 atom stereocenters. The largest absolute Gasteiger partial charge is 0.459 e. The van der Waals surface area contributed by atoms with Gasteiger partial charge in [0.25, 0.3) is 0 Å². The van der Waals surface area contributed by atoms with Crippen molar-refractivity contribution in [2.45, 2.75) is 180 Å². The van der Waals surface area contributed by atoms with Gasteiger partial charge in [0, 0.05) is 24.3 Å². The summed E-state index contributed by atoms with van der Waals surface area (Å²) in [4.78, 5) is 16.4. The summed E-state index contributed by atoms with van der Waals surface area (Å²) >= 11 is 0. The van der Waals surface area contributed by atoms with Gasteiger partial charge < -0.3 is 43.2 Å². The van der Waals surface area contributed by atoms with E-state index in [0.717, 1.165) is 12.0 Å². The van der Waals surface area contributed by atoms with Crippen molar-refractivity contribution in [3.05, 3.63) is 11.6 Å². The first-order valence-corrected chi connectivity index (χ1v) is 25.6. The van der Waals surface area contributed by atoms with Crippen molar-refractivity contribution >= 4 is 28.4 Å². The van der Waals surface area contributed by atoms with Crippen molar-refractivity contribution < 1.29 is 37.3 Å². The number of fused-ring (bicyclic) bond motifs is 2. The Morgan fingerprint density at radius 1 is 1.02 bits per heavy atom. The predicted molar refractivity (Wildman–Crippen MR) is 201 cm³/mol. The topological polar surface area (TPSA) is 135 Å². The van der Waals surface area contributed by atoms with E-state index >= 15 is 0 Å². The van der Waals surface area contributed by atoms with Gasteiger partial charge in [0.05, 0.1) is 35.7 Å². The van der Waals surface area contributed by atoms with Crippen LogP contribution in [0.2, 0.25) is 39.3 Å². The molecule has 4 aliphatic rings. The highest BCUT2D eigenvalue weighted by Crippen LogP contribution is 2.57. The third-order valence-electron chi connectivity index (χ3n) is 10.9. The summed E-state index contributed by atoms with van der Waals surface area (Å²) in [6, 6.07) is 0.0773. The molecule has 4 heterocycles. The number of amidine groups is 1. The van der Waals surface area contributed by atoms with Crippen LogP contribution in [0.5, 0.6) is 0 Å². The monoisotopic (exact) mass is 739 g/mol. The second-order valence-corrected chi connectivity index (χ2v) is 27.1. The third kappa shape index (κ3) is 8.78. The lowest BCUT2D eigenvalue weighted by Gasteiger charge is -2.50. The fourth-order valence-corrected chi connectivity index (χ4v) is 11.1. The molecular formula is C37H69N3O8Si2. The van der Waals surface area contributed by atoms with Gasteiger partial charge in [0.2, 0.25) is 0 Å². The molecule has 11 nitrogen and oxygen atoms in total. The maximum absolute atomic E-state index is 14.2. The quantitative estimate of drug-likeness (QED) is 0.0803. The highest BCUT2D eigenvalue weighted by molar-refractivity contribution is 6.70. The van der Waals surface area contributed by atoms with Crippen LogP contribution in [-0.2, 0) is 37.3 Å². The smallest absolute Gasteiger partial charge is 0.311 e. The summed E-state index contributed by atoms with van der Waals surface area (Å²) in [5.74, 6) is -2.35. The second kappa shape index (κ2) is 14.9. The Bertz CT molecular complexity index is 1270. The maximum Gasteiger partial charge on any atom is 0.311 e. The number of esters is 1. The van der Waals surface area contributed by atoms with Crippen LogP contribution >= 0.6 is 0 Å². The molecule has 0 amide bonds. The normalized spacial score (nSPS) is 42.9. The van der Waals surface area contributed by atoms with Crippen LogP contribution in [0.15, 0.2) is 11.6 Å².